The normalized spacial score (nSPS) is 11.6. The molecule has 2 aromatic rings. The Bertz CT molecular complexity index is 805. The third kappa shape index (κ3) is 4.56. The third-order valence-corrected chi connectivity index (χ3v) is 3.96. The highest BCUT2D eigenvalue weighted by Gasteiger charge is 2.17. The van der Waals surface area contributed by atoms with Crippen LogP contribution in [-0.2, 0) is 4.79 Å². The Morgan fingerprint density at radius 2 is 1.76 bits per heavy atom. The standard InChI is InChI=1S/C19H21FN2O3/c1-11-6-5-7-17(13(11)3)25-14(4)18(23)21-22-19(24)15-9-8-12(2)16(20)10-15/h5-10,14H,1-4H3,(H,21,23)(H,22,24)/t14-/m0/s1. The van der Waals surface area contributed by atoms with Crippen molar-refractivity contribution >= 4 is 11.8 Å². The first-order chi connectivity index (χ1) is 11.8. The van der Waals surface area contributed by atoms with Crippen molar-refractivity contribution in [2.75, 3.05) is 0 Å². The van der Waals surface area contributed by atoms with E-state index < -0.39 is 23.7 Å². The zero-order valence-corrected chi connectivity index (χ0v) is 14.6. The van der Waals surface area contributed by atoms with Gasteiger partial charge in [0.1, 0.15) is 11.6 Å². The van der Waals surface area contributed by atoms with E-state index in [4.69, 9.17) is 4.74 Å². The summed E-state index contributed by atoms with van der Waals surface area (Å²) in [6.45, 7) is 7.04. The van der Waals surface area contributed by atoms with Gasteiger partial charge in [-0.1, -0.05) is 18.2 Å². The molecular formula is C19H21FN2O3. The van der Waals surface area contributed by atoms with Gasteiger partial charge in [-0.3, -0.25) is 20.4 Å². The highest BCUT2D eigenvalue weighted by Crippen LogP contribution is 2.21. The Labute approximate surface area is 146 Å². The minimum atomic E-state index is -0.810. The summed E-state index contributed by atoms with van der Waals surface area (Å²) in [6.07, 6.45) is -0.810. The number of hydrogen-bond donors (Lipinski definition) is 2. The molecule has 2 amide bonds. The van der Waals surface area contributed by atoms with Gasteiger partial charge in [-0.05, 0) is 62.6 Å². The first kappa shape index (κ1) is 18.4. The molecule has 0 saturated heterocycles. The van der Waals surface area contributed by atoms with E-state index in [2.05, 4.69) is 10.9 Å². The Balaban J connectivity index is 1.93. The Morgan fingerprint density at radius 1 is 1.04 bits per heavy atom. The molecule has 2 N–H and O–H groups in total. The van der Waals surface area contributed by atoms with Crippen LogP contribution in [0.3, 0.4) is 0 Å². The molecule has 0 heterocycles. The van der Waals surface area contributed by atoms with Crippen LogP contribution in [0.25, 0.3) is 0 Å². The third-order valence-electron chi connectivity index (χ3n) is 3.96. The minimum Gasteiger partial charge on any atom is -0.481 e. The van der Waals surface area contributed by atoms with Crippen molar-refractivity contribution in [1.82, 2.24) is 10.9 Å². The van der Waals surface area contributed by atoms with Gasteiger partial charge in [0.25, 0.3) is 11.8 Å². The molecular weight excluding hydrogens is 323 g/mol. The van der Waals surface area contributed by atoms with E-state index in [0.717, 1.165) is 17.2 Å². The molecule has 0 aliphatic heterocycles. The maximum atomic E-state index is 13.5. The highest BCUT2D eigenvalue weighted by atomic mass is 19.1. The van der Waals surface area contributed by atoms with Crippen LogP contribution in [0.4, 0.5) is 4.39 Å². The van der Waals surface area contributed by atoms with Crippen LogP contribution in [-0.4, -0.2) is 17.9 Å². The van der Waals surface area contributed by atoms with Crippen molar-refractivity contribution < 1.29 is 18.7 Å². The average molecular weight is 344 g/mol. The van der Waals surface area contributed by atoms with Gasteiger partial charge in [0.2, 0.25) is 0 Å². The monoisotopic (exact) mass is 344 g/mol. The smallest absolute Gasteiger partial charge is 0.279 e. The molecule has 0 aromatic heterocycles. The summed E-state index contributed by atoms with van der Waals surface area (Å²) in [5.41, 5.74) is 7.10. The lowest BCUT2D eigenvalue weighted by atomic mass is 10.1. The number of hydrazine groups is 1. The maximum Gasteiger partial charge on any atom is 0.279 e. The molecule has 0 saturated carbocycles. The summed E-state index contributed by atoms with van der Waals surface area (Å²) in [6, 6.07) is 9.67. The van der Waals surface area contributed by atoms with Crippen molar-refractivity contribution in [2.45, 2.75) is 33.8 Å². The van der Waals surface area contributed by atoms with E-state index in [1.807, 2.05) is 26.0 Å². The fraction of sp³-hybridized carbons (Fsp3) is 0.263. The molecule has 0 bridgehead atoms. The SMILES string of the molecule is Cc1ccc(C(=O)NNC(=O)[C@H](C)Oc2cccc(C)c2C)cc1F. The van der Waals surface area contributed by atoms with E-state index in [1.165, 1.54) is 12.1 Å². The van der Waals surface area contributed by atoms with E-state index >= 15 is 0 Å². The molecule has 2 rings (SSSR count). The Morgan fingerprint density at radius 3 is 2.44 bits per heavy atom. The number of amides is 2. The zero-order valence-electron chi connectivity index (χ0n) is 14.6. The number of hydrogen-bond acceptors (Lipinski definition) is 3. The minimum absolute atomic E-state index is 0.117. The maximum absolute atomic E-state index is 13.5. The lowest BCUT2D eigenvalue weighted by Gasteiger charge is -2.17. The lowest BCUT2D eigenvalue weighted by molar-refractivity contribution is -0.128. The number of halogens is 1. The van der Waals surface area contributed by atoms with Gasteiger partial charge in [0.15, 0.2) is 6.10 Å². The number of rotatable bonds is 4. The molecule has 2 aromatic carbocycles. The van der Waals surface area contributed by atoms with Gasteiger partial charge in [-0.15, -0.1) is 0 Å². The number of nitrogens with one attached hydrogen (secondary N) is 2. The number of benzene rings is 2. The molecule has 0 unspecified atom stereocenters. The zero-order chi connectivity index (χ0) is 18.6. The highest BCUT2D eigenvalue weighted by molar-refractivity contribution is 5.95. The predicted molar refractivity (Wildman–Crippen MR) is 92.8 cm³/mol. The first-order valence-corrected chi connectivity index (χ1v) is 7.89. The molecule has 5 nitrogen and oxygen atoms in total. The van der Waals surface area contributed by atoms with Crippen LogP contribution in [0.5, 0.6) is 5.75 Å². The molecule has 0 aliphatic rings. The van der Waals surface area contributed by atoms with Crippen LogP contribution in [0, 0.1) is 26.6 Å². The lowest BCUT2D eigenvalue weighted by Crippen LogP contribution is -2.47. The van der Waals surface area contributed by atoms with Gasteiger partial charge in [-0.25, -0.2) is 4.39 Å². The van der Waals surface area contributed by atoms with Crippen LogP contribution in [0.1, 0.15) is 34.0 Å². The summed E-state index contributed by atoms with van der Waals surface area (Å²) in [5, 5.41) is 0. The van der Waals surface area contributed by atoms with Gasteiger partial charge < -0.3 is 4.74 Å². The second-order valence-electron chi connectivity index (χ2n) is 5.87. The van der Waals surface area contributed by atoms with Gasteiger partial charge in [-0.2, -0.15) is 0 Å². The Kier molecular flexibility index (Phi) is 5.75. The van der Waals surface area contributed by atoms with E-state index in [9.17, 15) is 14.0 Å². The largest absolute Gasteiger partial charge is 0.481 e. The summed E-state index contributed by atoms with van der Waals surface area (Å²) in [4.78, 5) is 24.0. The van der Waals surface area contributed by atoms with Crippen molar-refractivity contribution in [3.05, 3.63) is 64.5 Å². The number of carbonyl (C=O) groups is 2. The molecule has 0 spiro atoms. The summed E-state index contributed by atoms with van der Waals surface area (Å²) < 4.78 is 19.1. The molecule has 0 fully saturated rings. The summed E-state index contributed by atoms with van der Waals surface area (Å²) >= 11 is 0. The van der Waals surface area contributed by atoms with Crippen LogP contribution in [0.2, 0.25) is 0 Å². The number of aryl methyl sites for hydroxylation is 2. The van der Waals surface area contributed by atoms with Crippen LogP contribution >= 0.6 is 0 Å². The number of ether oxygens (including phenoxy) is 1. The molecule has 6 heteroatoms. The molecule has 132 valence electrons. The van der Waals surface area contributed by atoms with E-state index in [-0.39, 0.29) is 5.56 Å². The van der Waals surface area contributed by atoms with Crippen molar-refractivity contribution in [2.24, 2.45) is 0 Å². The van der Waals surface area contributed by atoms with Crippen molar-refractivity contribution in [3.8, 4) is 5.75 Å². The van der Waals surface area contributed by atoms with Crippen molar-refractivity contribution in [1.29, 1.82) is 0 Å². The van der Waals surface area contributed by atoms with Gasteiger partial charge >= 0.3 is 0 Å². The molecule has 0 radical (unpaired) electrons. The average Bonchev–Trinajstić information content (AvgIpc) is 2.58. The topological polar surface area (TPSA) is 67.4 Å². The fourth-order valence-electron chi connectivity index (χ4n) is 2.12. The predicted octanol–water partition coefficient (Wildman–Crippen LogP) is 2.98. The fourth-order valence-corrected chi connectivity index (χ4v) is 2.12. The summed E-state index contributed by atoms with van der Waals surface area (Å²) in [7, 11) is 0. The van der Waals surface area contributed by atoms with Crippen LogP contribution in [0.15, 0.2) is 36.4 Å². The van der Waals surface area contributed by atoms with Crippen LogP contribution < -0.4 is 15.6 Å². The quantitative estimate of drug-likeness (QED) is 0.838. The summed E-state index contributed by atoms with van der Waals surface area (Å²) in [5.74, 6) is -0.992. The molecule has 25 heavy (non-hydrogen) atoms. The molecule has 1 atom stereocenters. The van der Waals surface area contributed by atoms with E-state index in [1.54, 1.807) is 19.9 Å². The van der Waals surface area contributed by atoms with Gasteiger partial charge in [0, 0.05) is 5.56 Å². The second-order valence-corrected chi connectivity index (χ2v) is 5.87. The number of carbonyl (C=O) groups excluding carboxylic acids is 2. The Hall–Kier alpha value is -2.89. The second kappa shape index (κ2) is 7.79. The van der Waals surface area contributed by atoms with Gasteiger partial charge in [0.05, 0.1) is 0 Å². The van der Waals surface area contributed by atoms with Crippen molar-refractivity contribution in [3.63, 3.8) is 0 Å². The molecule has 0 aliphatic carbocycles. The van der Waals surface area contributed by atoms with E-state index in [0.29, 0.717) is 11.3 Å². The first-order valence-electron chi connectivity index (χ1n) is 7.89.